The van der Waals surface area contributed by atoms with Crippen molar-refractivity contribution in [2.24, 2.45) is 0 Å². The molecule has 0 aliphatic carbocycles. The molecular formula is C5H12O3. The Hall–Kier alpha value is -0.120. The molecular weight excluding hydrogens is 108 g/mol. The maximum Gasteiger partial charge on any atom is 0.110 e. The van der Waals surface area contributed by atoms with Crippen molar-refractivity contribution in [2.45, 2.75) is 25.6 Å². The van der Waals surface area contributed by atoms with Crippen LogP contribution < -0.4 is 0 Å². The van der Waals surface area contributed by atoms with Gasteiger partial charge in [0.1, 0.15) is 5.60 Å². The largest absolute Gasteiger partial charge is 0.393 e. The number of rotatable bonds is 2. The minimum atomic E-state index is -1.35. The van der Waals surface area contributed by atoms with Crippen LogP contribution in [0.15, 0.2) is 0 Å². The van der Waals surface area contributed by atoms with Crippen LogP contribution in [0.25, 0.3) is 0 Å². The summed E-state index contributed by atoms with van der Waals surface area (Å²) in [5.74, 6) is 0. The zero-order chi connectivity index (χ0) is 6.78. The summed E-state index contributed by atoms with van der Waals surface area (Å²) in [6, 6.07) is 0. The van der Waals surface area contributed by atoms with Crippen molar-refractivity contribution in [2.75, 3.05) is 6.61 Å². The zero-order valence-corrected chi connectivity index (χ0v) is 5.13. The molecule has 0 spiro atoms. The molecule has 2 atom stereocenters. The maximum atomic E-state index is 8.90. The summed E-state index contributed by atoms with van der Waals surface area (Å²) in [5, 5.41) is 25.9. The van der Waals surface area contributed by atoms with E-state index in [0.29, 0.717) is 0 Å². The lowest BCUT2D eigenvalue weighted by Crippen LogP contribution is -2.40. The molecule has 0 heterocycles. The van der Waals surface area contributed by atoms with E-state index < -0.39 is 18.3 Å². The first-order valence-corrected chi connectivity index (χ1v) is 2.52. The molecule has 0 aliphatic heterocycles. The van der Waals surface area contributed by atoms with Gasteiger partial charge in [-0.15, -0.1) is 0 Å². The lowest BCUT2D eigenvalue weighted by Gasteiger charge is -2.22. The molecule has 0 aromatic heterocycles. The Balaban J connectivity index is 3.71. The number of hydrogen-bond acceptors (Lipinski definition) is 3. The van der Waals surface area contributed by atoms with Crippen LogP contribution in [0.4, 0.5) is 0 Å². The molecule has 3 N–H and O–H groups in total. The minimum absolute atomic E-state index is 0.412. The van der Waals surface area contributed by atoms with Crippen molar-refractivity contribution < 1.29 is 15.3 Å². The molecule has 3 nitrogen and oxygen atoms in total. The Labute approximate surface area is 48.6 Å². The zero-order valence-electron chi connectivity index (χ0n) is 5.13. The molecule has 0 amide bonds. The molecule has 0 aromatic rings. The first-order chi connectivity index (χ1) is 3.50. The fraction of sp³-hybridized carbons (Fsp3) is 1.00. The predicted molar refractivity (Wildman–Crippen MR) is 29.4 cm³/mol. The van der Waals surface area contributed by atoms with Gasteiger partial charge in [0.05, 0.1) is 12.7 Å². The predicted octanol–water partition coefficient (Wildman–Crippen LogP) is -0.890. The second kappa shape index (κ2) is 2.44. The molecule has 0 unspecified atom stereocenters. The SMILES string of the molecule is C[C@H](O)[C@](C)(O)CO. The fourth-order valence-electron chi connectivity index (χ4n) is 0.132. The van der Waals surface area contributed by atoms with Gasteiger partial charge in [-0.05, 0) is 13.8 Å². The van der Waals surface area contributed by atoms with E-state index in [2.05, 4.69) is 0 Å². The molecule has 50 valence electrons. The summed E-state index contributed by atoms with van der Waals surface area (Å²) >= 11 is 0. The minimum Gasteiger partial charge on any atom is -0.393 e. The van der Waals surface area contributed by atoms with Gasteiger partial charge in [0.15, 0.2) is 0 Å². The molecule has 0 aromatic carbocycles. The van der Waals surface area contributed by atoms with E-state index in [0.717, 1.165) is 0 Å². The van der Waals surface area contributed by atoms with Crippen molar-refractivity contribution in [3.05, 3.63) is 0 Å². The highest BCUT2D eigenvalue weighted by molar-refractivity contribution is 4.76. The van der Waals surface area contributed by atoms with Crippen LogP contribution in [0.3, 0.4) is 0 Å². The van der Waals surface area contributed by atoms with E-state index in [1.54, 1.807) is 0 Å². The molecule has 3 heteroatoms. The number of aliphatic hydroxyl groups excluding tert-OH is 2. The monoisotopic (exact) mass is 120 g/mol. The van der Waals surface area contributed by atoms with Crippen molar-refractivity contribution in [1.29, 1.82) is 0 Å². The van der Waals surface area contributed by atoms with Crippen LogP contribution in [0, 0.1) is 0 Å². The summed E-state index contributed by atoms with van der Waals surface area (Å²) < 4.78 is 0. The molecule has 0 bridgehead atoms. The van der Waals surface area contributed by atoms with E-state index in [1.165, 1.54) is 13.8 Å². The molecule has 0 radical (unpaired) electrons. The molecule has 0 saturated heterocycles. The van der Waals surface area contributed by atoms with Gasteiger partial charge in [0.2, 0.25) is 0 Å². The fourth-order valence-corrected chi connectivity index (χ4v) is 0.132. The topological polar surface area (TPSA) is 60.7 Å². The average Bonchev–Trinajstić information content (AvgIpc) is 1.67. The average molecular weight is 120 g/mol. The van der Waals surface area contributed by atoms with E-state index >= 15 is 0 Å². The van der Waals surface area contributed by atoms with Gasteiger partial charge in [0.25, 0.3) is 0 Å². The van der Waals surface area contributed by atoms with E-state index in [1.807, 2.05) is 0 Å². The lowest BCUT2D eigenvalue weighted by molar-refractivity contribution is -0.0839. The summed E-state index contributed by atoms with van der Waals surface area (Å²) in [7, 11) is 0. The second-order valence-electron chi connectivity index (χ2n) is 2.19. The smallest absolute Gasteiger partial charge is 0.110 e. The van der Waals surface area contributed by atoms with E-state index in [9.17, 15) is 0 Å². The van der Waals surface area contributed by atoms with Gasteiger partial charge < -0.3 is 15.3 Å². The van der Waals surface area contributed by atoms with Crippen molar-refractivity contribution in [3.8, 4) is 0 Å². The second-order valence-corrected chi connectivity index (χ2v) is 2.19. The van der Waals surface area contributed by atoms with Crippen molar-refractivity contribution in [1.82, 2.24) is 0 Å². The Morgan fingerprint density at radius 3 is 2.00 bits per heavy atom. The van der Waals surface area contributed by atoms with Crippen LogP contribution in [0.5, 0.6) is 0 Å². The normalized spacial score (nSPS) is 22.1. The molecule has 8 heavy (non-hydrogen) atoms. The summed E-state index contributed by atoms with van der Waals surface area (Å²) in [4.78, 5) is 0. The first kappa shape index (κ1) is 7.88. The van der Waals surface area contributed by atoms with Crippen LogP contribution >= 0.6 is 0 Å². The quantitative estimate of drug-likeness (QED) is 0.443. The van der Waals surface area contributed by atoms with E-state index in [4.69, 9.17) is 15.3 Å². The highest BCUT2D eigenvalue weighted by Crippen LogP contribution is 2.06. The third-order valence-electron chi connectivity index (χ3n) is 1.22. The highest BCUT2D eigenvalue weighted by Gasteiger charge is 2.24. The Bertz CT molecular complexity index is 68.1. The van der Waals surface area contributed by atoms with Crippen molar-refractivity contribution in [3.63, 3.8) is 0 Å². The van der Waals surface area contributed by atoms with Gasteiger partial charge in [-0.2, -0.15) is 0 Å². The van der Waals surface area contributed by atoms with Gasteiger partial charge in [0, 0.05) is 0 Å². The Morgan fingerprint density at radius 1 is 1.62 bits per heavy atom. The molecule has 0 saturated carbocycles. The summed E-state index contributed by atoms with van der Waals surface area (Å²) in [5.41, 5.74) is -1.35. The lowest BCUT2D eigenvalue weighted by atomic mass is 10.0. The third-order valence-corrected chi connectivity index (χ3v) is 1.22. The van der Waals surface area contributed by atoms with Crippen LogP contribution in [0.1, 0.15) is 13.8 Å². The molecule has 0 rings (SSSR count). The van der Waals surface area contributed by atoms with E-state index in [-0.39, 0.29) is 0 Å². The maximum absolute atomic E-state index is 8.90. The molecule has 0 fully saturated rings. The van der Waals surface area contributed by atoms with Gasteiger partial charge in [-0.1, -0.05) is 0 Å². The van der Waals surface area contributed by atoms with Gasteiger partial charge in [-0.25, -0.2) is 0 Å². The number of hydrogen-bond donors (Lipinski definition) is 3. The highest BCUT2D eigenvalue weighted by atomic mass is 16.4. The summed E-state index contributed by atoms with van der Waals surface area (Å²) in [6.07, 6.45) is -0.882. The Morgan fingerprint density at radius 2 is 2.00 bits per heavy atom. The van der Waals surface area contributed by atoms with Crippen molar-refractivity contribution >= 4 is 0 Å². The summed E-state index contributed by atoms with van der Waals surface area (Å²) in [6.45, 7) is 2.39. The molecule has 0 aliphatic rings. The van der Waals surface area contributed by atoms with Crippen LogP contribution in [-0.4, -0.2) is 33.6 Å². The first-order valence-electron chi connectivity index (χ1n) is 2.52. The van der Waals surface area contributed by atoms with Gasteiger partial charge in [-0.3, -0.25) is 0 Å². The Kier molecular flexibility index (Phi) is 2.40. The number of aliphatic hydroxyl groups is 3. The van der Waals surface area contributed by atoms with Crippen LogP contribution in [0.2, 0.25) is 0 Å². The third kappa shape index (κ3) is 1.78. The van der Waals surface area contributed by atoms with Crippen LogP contribution in [-0.2, 0) is 0 Å². The standard InChI is InChI=1S/C5H12O3/c1-4(7)5(2,8)3-6/h4,6-8H,3H2,1-2H3/t4-,5+/m0/s1. The van der Waals surface area contributed by atoms with Gasteiger partial charge >= 0.3 is 0 Å².